The van der Waals surface area contributed by atoms with E-state index in [0.717, 1.165) is 0 Å². The van der Waals surface area contributed by atoms with Gasteiger partial charge in [0.05, 0.1) is 11.8 Å². The maximum Gasteiger partial charge on any atom is 0.258 e. The number of pyridine rings is 1. The van der Waals surface area contributed by atoms with Gasteiger partial charge in [0, 0.05) is 24.0 Å². The largest absolute Gasteiger partial charge is 0.269 e. The molecule has 1 N–H and O–H groups in total. The summed E-state index contributed by atoms with van der Waals surface area (Å²) < 4.78 is 15.2. The van der Waals surface area contributed by atoms with Gasteiger partial charge in [-0.1, -0.05) is 23.4 Å². The first-order valence-electron chi connectivity index (χ1n) is 5.74. The quantitative estimate of drug-likeness (QED) is 0.626. The predicted octanol–water partition coefficient (Wildman–Crippen LogP) is 0.923. The van der Waals surface area contributed by atoms with Crippen molar-refractivity contribution >= 4 is 33.5 Å². The highest BCUT2D eigenvalue weighted by Gasteiger charge is 2.21. The molecule has 0 saturated heterocycles. The zero-order valence-corrected chi connectivity index (χ0v) is 12.0. The van der Waals surface area contributed by atoms with E-state index in [0.29, 0.717) is 16.3 Å². The predicted molar refractivity (Wildman–Crippen MR) is 78.0 cm³/mol. The van der Waals surface area contributed by atoms with Gasteiger partial charge in [0.1, 0.15) is 5.15 Å². The fourth-order valence-electron chi connectivity index (χ4n) is 1.59. The Morgan fingerprint density at radius 1 is 1.24 bits per heavy atom. The molecule has 1 aliphatic rings. The fourth-order valence-corrected chi connectivity index (χ4v) is 2.53. The third kappa shape index (κ3) is 3.02. The zero-order chi connectivity index (χ0) is 14.8. The van der Waals surface area contributed by atoms with Crippen LogP contribution < -0.4 is 4.72 Å². The summed E-state index contributed by atoms with van der Waals surface area (Å²) in [5, 5.41) is 4.72. The van der Waals surface area contributed by atoms with Gasteiger partial charge in [-0.05, 0) is 12.1 Å². The maximum atomic E-state index is 11.6. The lowest BCUT2D eigenvalue weighted by molar-refractivity contribution is -0.114. The third-order valence-corrected chi connectivity index (χ3v) is 3.82. The normalized spacial score (nSPS) is 16.9. The number of hydrogen-bond acceptors (Lipinski definition) is 4. The van der Waals surface area contributed by atoms with Crippen LogP contribution in [0.5, 0.6) is 0 Å². The lowest BCUT2D eigenvalue weighted by Gasteiger charge is -1.97. The molecule has 6 nitrogen and oxygen atoms in total. The molecular weight excluding hydrogens is 312 g/mol. The molecule has 21 heavy (non-hydrogen) atoms. The van der Waals surface area contributed by atoms with Gasteiger partial charge in [0.2, 0.25) is 0 Å². The molecule has 0 saturated carbocycles. The van der Waals surface area contributed by atoms with Crippen molar-refractivity contribution in [3.63, 3.8) is 0 Å². The molecule has 1 aliphatic heterocycles. The van der Waals surface area contributed by atoms with Gasteiger partial charge in [-0.3, -0.25) is 9.52 Å². The molecule has 2 aromatic heterocycles. The van der Waals surface area contributed by atoms with Crippen LogP contribution in [0, 0.1) is 11.8 Å². The van der Waals surface area contributed by atoms with Crippen molar-refractivity contribution < 1.29 is 9.00 Å². The lowest BCUT2D eigenvalue weighted by atomic mass is 10.2. The van der Waals surface area contributed by atoms with Crippen LogP contribution in [0.1, 0.15) is 11.1 Å². The van der Waals surface area contributed by atoms with E-state index in [2.05, 4.69) is 26.6 Å². The van der Waals surface area contributed by atoms with Crippen LogP contribution in [0.3, 0.4) is 0 Å². The van der Waals surface area contributed by atoms with Crippen molar-refractivity contribution in [2.75, 3.05) is 0 Å². The number of hydrogen-bond donors (Lipinski definition) is 1. The second kappa shape index (κ2) is 5.52. The first-order chi connectivity index (χ1) is 10.1. The topological polar surface area (TPSA) is 76.9 Å². The maximum absolute atomic E-state index is 11.6. The van der Waals surface area contributed by atoms with Crippen LogP contribution >= 0.6 is 11.6 Å². The van der Waals surface area contributed by atoms with Crippen LogP contribution in [0.4, 0.5) is 0 Å². The first kappa shape index (κ1) is 13.5. The van der Waals surface area contributed by atoms with Gasteiger partial charge in [0.25, 0.3) is 5.91 Å². The molecule has 3 rings (SSSR count). The molecule has 3 heterocycles. The summed E-state index contributed by atoms with van der Waals surface area (Å²) in [5.41, 5.74) is 1.34. The van der Waals surface area contributed by atoms with Crippen molar-refractivity contribution in [1.82, 2.24) is 19.5 Å². The molecule has 1 atom stereocenters. The Labute approximate surface area is 127 Å². The molecule has 1 unspecified atom stereocenters. The van der Waals surface area contributed by atoms with Crippen molar-refractivity contribution in [3.8, 4) is 11.8 Å². The lowest BCUT2D eigenvalue weighted by Crippen LogP contribution is -2.17. The molecular formula is C13H7ClN4O2S. The molecule has 0 bridgehead atoms. The molecule has 0 aromatic carbocycles. The van der Waals surface area contributed by atoms with Crippen LogP contribution in [0.2, 0.25) is 5.15 Å². The molecule has 0 radical (unpaired) electrons. The van der Waals surface area contributed by atoms with Gasteiger partial charge in [0.15, 0.2) is 16.0 Å². The Morgan fingerprint density at radius 3 is 2.71 bits per heavy atom. The van der Waals surface area contributed by atoms with Gasteiger partial charge in [-0.15, -0.1) is 0 Å². The Morgan fingerprint density at radius 2 is 2.05 bits per heavy atom. The highest BCUT2D eigenvalue weighted by atomic mass is 35.5. The minimum absolute atomic E-state index is 0.279. The molecule has 0 aliphatic carbocycles. The monoisotopic (exact) mass is 318 g/mol. The zero-order valence-electron chi connectivity index (χ0n) is 10.4. The van der Waals surface area contributed by atoms with E-state index in [1.165, 1.54) is 17.0 Å². The summed E-state index contributed by atoms with van der Waals surface area (Å²) >= 11 is 5.69. The van der Waals surface area contributed by atoms with E-state index >= 15 is 0 Å². The molecule has 0 spiro atoms. The van der Waals surface area contributed by atoms with Crippen molar-refractivity contribution in [2.24, 2.45) is 0 Å². The second-order valence-corrected chi connectivity index (χ2v) is 5.56. The summed E-state index contributed by atoms with van der Waals surface area (Å²) in [5.74, 6) is 5.41. The number of nitrogens with zero attached hydrogens (tertiary/aromatic N) is 3. The summed E-state index contributed by atoms with van der Waals surface area (Å²) in [7, 11) is -1.58. The van der Waals surface area contributed by atoms with Gasteiger partial charge in [-0.25, -0.2) is 13.9 Å². The molecule has 0 fully saturated rings. The molecule has 8 heteroatoms. The minimum atomic E-state index is -1.58. The molecule has 2 aromatic rings. The van der Waals surface area contributed by atoms with Crippen LogP contribution in [-0.4, -0.2) is 24.9 Å². The Hall–Kier alpha value is -2.43. The van der Waals surface area contributed by atoms with E-state index in [9.17, 15) is 9.00 Å². The van der Waals surface area contributed by atoms with Crippen molar-refractivity contribution in [1.29, 1.82) is 0 Å². The smallest absolute Gasteiger partial charge is 0.258 e. The second-order valence-electron chi connectivity index (χ2n) is 4.01. The average molecular weight is 319 g/mol. The molecule has 1 amide bonds. The third-order valence-electron chi connectivity index (χ3n) is 2.52. The van der Waals surface area contributed by atoms with Crippen LogP contribution in [0.15, 0.2) is 36.8 Å². The summed E-state index contributed by atoms with van der Waals surface area (Å²) in [6.45, 7) is 0. The minimum Gasteiger partial charge on any atom is -0.269 e. The summed E-state index contributed by atoms with van der Waals surface area (Å²) in [6, 6.07) is 3.41. The SMILES string of the molecule is O=C1C=C(n2cc(C#Cc3ccc(Cl)nc3)cn2)S(=O)N1. The first-order valence-corrected chi connectivity index (χ1v) is 7.27. The summed E-state index contributed by atoms with van der Waals surface area (Å²) in [4.78, 5) is 15.0. The molecule has 104 valence electrons. The number of halogens is 1. The highest BCUT2D eigenvalue weighted by molar-refractivity contribution is 7.93. The Balaban J connectivity index is 1.83. The number of aromatic nitrogens is 3. The van der Waals surface area contributed by atoms with Crippen LogP contribution in [0.25, 0.3) is 5.03 Å². The van der Waals surface area contributed by atoms with E-state index < -0.39 is 16.9 Å². The standard InChI is InChI=1S/C13H7ClN4O2S/c14-11-4-3-9(6-15-11)1-2-10-7-16-18(8-10)13-5-12(19)17-21(13)20/h3-8H,(H,17,19). The number of amides is 1. The van der Waals surface area contributed by atoms with Gasteiger partial charge in [-0.2, -0.15) is 5.10 Å². The number of carbonyl (C=O) groups is 1. The van der Waals surface area contributed by atoms with Crippen molar-refractivity contribution in [3.05, 3.63) is 53.1 Å². The van der Waals surface area contributed by atoms with E-state index in [-0.39, 0.29) is 5.03 Å². The Bertz CT molecular complexity index is 830. The highest BCUT2D eigenvalue weighted by Crippen LogP contribution is 2.13. The van der Waals surface area contributed by atoms with Crippen LogP contribution in [-0.2, 0) is 15.8 Å². The van der Waals surface area contributed by atoms with Crippen molar-refractivity contribution in [2.45, 2.75) is 0 Å². The van der Waals surface area contributed by atoms with E-state index in [1.807, 2.05) is 0 Å². The number of rotatable bonds is 1. The summed E-state index contributed by atoms with van der Waals surface area (Å²) in [6.07, 6.45) is 5.93. The number of carbonyl (C=O) groups excluding carboxylic acids is 1. The van der Waals surface area contributed by atoms with Gasteiger partial charge >= 0.3 is 0 Å². The Kier molecular flexibility index (Phi) is 3.56. The van der Waals surface area contributed by atoms with Gasteiger partial charge < -0.3 is 0 Å². The number of nitrogens with one attached hydrogen (secondary N) is 1. The fraction of sp³-hybridized carbons (Fsp3) is 0. The average Bonchev–Trinajstić information content (AvgIpc) is 3.04. The van der Waals surface area contributed by atoms with E-state index in [1.54, 1.807) is 24.5 Å². The van der Waals surface area contributed by atoms with E-state index in [4.69, 9.17) is 11.6 Å².